The Kier molecular flexibility index (Phi) is 7.12. The molecule has 0 saturated carbocycles. The molecule has 1 aromatic rings. The van der Waals surface area contributed by atoms with Crippen molar-refractivity contribution in [3.63, 3.8) is 0 Å². The fraction of sp³-hybridized carbons (Fsp3) is 0.562. The lowest BCUT2D eigenvalue weighted by molar-refractivity contribution is -0.256. The van der Waals surface area contributed by atoms with Crippen LogP contribution < -0.4 is 0 Å². The van der Waals surface area contributed by atoms with Gasteiger partial charge in [0.05, 0.1) is 17.3 Å². The molecule has 0 aliphatic carbocycles. The van der Waals surface area contributed by atoms with Gasteiger partial charge in [0.25, 0.3) is 0 Å². The highest BCUT2D eigenvalue weighted by Gasteiger charge is 2.29. The van der Waals surface area contributed by atoms with Gasteiger partial charge in [-0.15, -0.1) is 5.11 Å². The van der Waals surface area contributed by atoms with Crippen molar-refractivity contribution in [2.45, 2.75) is 39.8 Å². The maximum atomic E-state index is 11.9. The van der Waals surface area contributed by atoms with Gasteiger partial charge in [-0.25, -0.2) is 4.99 Å². The van der Waals surface area contributed by atoms with Gasteiger partial charge in [-0.2, -0.15) is 5.26 Å². The predicted octanol–water partition coefficient (Wildman–Crippen LogP) is 3.71. The minimum atomic E-state index is -1.16. The summed E-state index contributed by atoms with van der Waals surface area (Å²) in [6.45, 7) is 7.48. The van der Waals surface area contributed by atoms with Crippen LogP contribution in [0.25, 0.3) is 0 Å². The third-order valence-electron chi connectivity index (χ3n) is 3.71. The first-order valence-corrected chi connectivity index (χ1v) is 7.45. The molecular weight excluding hydrogens is 300 g/mol. The molecule has 0 aliphatic rings. The number of esters is 1. The molecule has 0 saturated heterocycles. The van der Waals surface area contributed by atoms with Crippen LogP contribution in [0.5, 0.6) is 0 Å². The van der Waals surface area contributed by atoms with Crippen molar-refractivity contribution in [2.75, 3.05) is 13.2 Å². The second-order valence-corrected chi connectivity index (χ2v) is 5.83. The topological polar surface area (TPSA) is 89.7 Å². The van der Waals surface area contributed by atoms with E-state index in [0.29, 0.717) is 6.42 Å². The molecule has 7 heteroatoms. The van der Waals surface area contributed by atoms with Crippen LogP contribution in [0.3, 0.4) is 0 Å². The van der Waals surface area contributed by atoms with Crippen molar-refractivity contribution < 1.29 is 24.5 Å². The molecule has 7 nitrogen and oxygen atoms in total. The van der Waals surface area contributed by atoms with Gasteiger partial charge in [-0.1, -0.05) is 37.3 Å². The van der Waals surface area contributed by atoms with Crippen molar-refractivity contribution in [1.82, 2.24) is 0 Å². The Bertz CT molecular complexity index is 518. The van der Waals surface area contributed by atoms with Gasteiger partial charge in [0.2, 0.25) is 5.72 Å². The van der Waals surface area contributed by atoms with Crippen LogP contribution in [0.2, 0.25) is 0 Å². The van der Waals surface area contributed by atoms with Crippen LogP contribution in [0.15, 0.2) is 40.7 Å². The third-order valence-corrected chi connectivity index (χ3v) is 3.71. The number of carbonyl (C=O) groups is 1. The van der Waals surface area contributed by atoms with Crippen molar-refractivity contribution in [3.8, 4) is 0 Å². The number of ether oxygens (including phenoxy) is 2. The Hall–Kier alpha value is -1.99. The van der Waals surface area contributed by atoms with E-state index in [1.165, 1.54) is 0 Å². The van der Waals surface area contributed by atoms with Crippen molar-refractivity contribution >= 4 is 5.97 Å². The second-order valence-electron chi connectivity index (χ2n) is 5.83. The van der Waals surface area contributed by atoms with Crippen LogP contribution in [0.1, 0.15) is 39.7 Å². The van der Waals surface area contributed by atoms with Crippen LogP contribution in [-0.2, 0) is 25.0 Å². The van der Waals surface area contributed by atoms with E-state index in [4.69, 9.17) is 14.7 Å². The molecule has 1 aromatic carbocycles. The van der Waals surface area contributed by atoms with Gasteiger partial charge in [0, 0.05) is 5.56 Å². The Morgan fingerprint density at radius 2 is 1.83 bits per heavy atom. The molecular formula is C16H24N2O5. The molecule has 0 heterocycles. The Balaban J connectivity index is 2.63. The molecule has 1 unspecified atom stereocenters. The number of rotatable bonds is 9. The fourth-order valence-electron chi connectivity index (χ4n) is 1.73. The molecule has 0 radical (unpaired) electrons. The zero-order valence-electron chi connectivity index (χ0n) is 14.0. The summed E-state index contributed by atoms with van der Waals surface area (Å²) in [4.78, 5) is 15.5. The Morgan fingerprint density at radius 1 is 1.17 bits per heavy atom. The molecule has 128 valence electrons. The lowest BCUT2D eigenvalue weighted by Crippen LogP contribution is -2.29. The normalized spacial score (nSPS) is 14.5. The van der Waals surface area contributed by atoms with E-state index in [9.17, 15) is 4.79 Å². The van der Waals surface area contributed by atoms with Crippen LogP contribution in [0.4, 0.5) is 0 Å². The summed E-state index contributed by atoms with van der Waals surface area (Å²) in [5, 5.41) is 15.3. The number of nitrogens with zero attached hydrogens (tertiary/aromatic N) is 2. The summed E-state index contributed by atoms with van der Waals surface area (Å²) in [6.07, 6.45) is 0.691. The first-order valence-electron chi connectivity index (χ1n) is 7.45. The maximum Gasteiger partial charge on any atom is 0.311 e. The monoisotopic (exact) mass is 324 g/mol. The highest BCUT2D eigenvalue weighted by Crippen LogP contribution is 2.27. The van der Waals surface area contributed by atoms with Gasteiger partial charge < -0.3 is 9.47 Å². The number of carbonyl (C=O) groups excluding carboxylic acids is 1. The van der Waals surface area contributed by atoms with E-state index >= 15 is 0 Å². The molecule has 0 spiro atoms. The smallest absolute Gasteiger partial charge is 0.311 e. The zero-order valence-corrected chi connectivity index (χ0v) is 14.0. The first-order chi connectivity index (χ1) is 10.9. The van der Waals surface area contributed by atoms with Gasteiger partial charge in [0.1, 0.15) is 6.61 Å². The summed E-state index contributed by atoms with van der Waals surface area (Å²) in [7, 11) is 0. The minimum absolute atomic E-state index is 0.0974. The van der Waals surface area contributed by atoms with E-state index in [0.717, 1.165) is 5.56 Å². The highest BCUT2D eigenvalue weighted by atomic mass is 17.2. The molecule has 1 atom stereocenters. The second kappa shape index (κ2) is 8.59. The molecule has 0 aliphatic heterocycles. The number of benzene rings is 1. The largest absolute Gasteiger partial charge is 0.463 e. The summed E-state index contributed by atoms with van der Waals surface area (Å²) < 4.78 is 10.9. The van der Waals surface area contributed by atoms with Crippen LogP contribution in [0, 0.1) is 5.41 Å². The highest BCUT2D eigenvalue weighted by molar-refractivity contribution is 5.75. The predicted molar refractivity (Wildman–Crippen MR) is 83.3 cm³/mol. The lowest BCUT2D eigenvalue weighted by Gasteiger charge is -2.25. The van der Waals surface area contributed by atoms with Crippen LogP contribution in [-0.4, -0.2) is 24.4 Å². The molecule has 0 aromatic heterocycles. The Morgan fingerprint density at radius 3 is 2.39 bits per heavy atom. The molecule has 0 fully saturated rings. The zero-order chi connectivity index (χ0) is 17.3. The van der Waals surface area contributed by atoms with E-state index in [-0.39, 0.29) is 19.2 Å². The molecule has 1 rings (SSSR count). The van der Waals surface area contributed by atoms with Crippen molar-refractivity contribution in [3.05, 3.63) is 35.9 Å². The van der Waals surface area contributed by atoms with Gasteiger partial charge in [0.15, 0.2) is 0 Å². The van der Waals surface area contributed by atoms with Crippen molar-refractivity contribution in [1.29, 1.82) is 0 Å². The SMILES string of the molecule is CCC(C)(C)C(=O)OCCOC(C)(N=NOO)c1ccccc1. The van der Waals surface area contributed by atoms with Gasteiger partial charge in [-0.3, -0.25) is 4.79 Å². The molecule has 1 N–H and O–H groups in total. The summed E-state index contributed by atoms with van der Waals surface area (Å²) in [5.74, 6) is -0.273. The minimum Gasteiger partial charge on any atom is -0.463 e. The van der Waals surface area contributed by atoms with E-state index in [1.54, 1.807) is 6.92 Å². The maximum absolute atomic E-state index is 11.9. The first kappa shape index (κ1) is 19.1. The summed E-state index contributed by atoms with van der Waals surface area (Å²) in [6, 6.07) is 9.13. The molecule has 0 bridgehead atoms. The van der Waals surface area contributed by atoms with Gasteiger partial charge >= 0.3 is 5.97 Å². The molecule has 0 amide bonds. The summed E-state index contributed by atoms with van der Waals surface area (Å²) >= 11 is 0. The standard InChI is InChI=1S/C16H24N2O5/c1-5-15(2,3)14(19)21-11-12-22-16(4,17-18-23-20)13-9-7-6-8-10-13/h6-10,20H,5,11-12H2,1-4H3. The van der Waals surface area contributed by atoms with Crippen LogP contribution >= 0.6 is 0 Å². The average Bonchev–Trinajstić information content (AvgIpc) is 2.57. The fourth-order valence-corrected chi connectivity index (χ4v) is 1.73. The van der Waals surface area contributed by atoms with E-state index < -0.39 is 11.1 Å². The van der Waals surface area contributed by atoms with E-state index in [1.807, 2.05) is 51.1 Å². The van der Waals surface area contributed by atoms with Crippen molar-refractivity contribution in [2.24, 2.45) is 15.8 Å². The Labute approximate surface area is 136 Å². The lowest BCUT2D eigenvalue weighted by atomic mass is 9.91. The number of hydrogen-bond donors (Lipinski definition) is 1. The quantitative estimate of drug-likeness (QED) is 0.246. The van der Waals surface area contributed by atoms with Gasteiger partial charge in [-0.05, 0) is 27.2 Å². The third kappa shape index (κ3) is 5.61. The summed E-state index contributed by atoms with van der Waals surface area (Å²) in [5.41, 5.74) is -0.954. The number of hydrogen-bond acceptors (Lipinski definition) is 7. The average molecular weight is 324 g/mol. The van der Waals surface area contributed by atoms with E-state index in [2.05, 4.69) is 15.4 Å². The molecule has 23 heavy (non-hydrogen) atoms.